The van der Waals surface area contributed by atoms with Gasteiger partial charge in [0.15, 0.2) is 0 Å². The van der Waals surface area contributed by atoms with Crippen LogP contribution < -0.4 is 5.32 Å². The number of amides is 1. The highest BCUT2D eigenvalue weighted by Crippen LogP contribution is 2.13. The summed E-state index contributed by atoms with van der Waals surface area (Å²) in [5.74, 6) is 0.139. The van der Waals surface area contributed by atoms with E-state index < -0.39 is 0 Å². The van der Waals surface area contributed by atoms with Crippen LogP contribution in [0.25, 0.3) is 0 Å². The van der Waals surface area contributed by atoms with Gasteiger partial charge in [0, 0.05) is 25.7 Å². The Morgan fingerprint density at radius 2 is 2.00 bits per heavy atom. The molecule has 1 amide bonds. The Bertz CT molecular complexity index is 450. The molecule has 1 aliphatic rings. The number of ether oxygens (including phenoxy) is 1. The van der Waals surface area contributed by atoms with Crippen LogP contribution in [0.3, 0.4) is 0 Å². The summed E-state index contributed by atoms with van der Waals surface area (Å²) in [6.07, 6.45) is 0.840. The molecule has 0 aromatic heterocycles. The lowest BCUT2D eigenvalue weighted by Crippen LogP contribution is -2.30. The minimum atomic E-state index is 0.0314. The smallest absolute Gasteiger partial charge is 0.225 e. The molecule has 2 rings (SSSR count). The number of nitrogens with zero attached hydrogens (tertiary/aromatic N) is 1. The number of nitrogens with one attached hydrogen (secondary N) is 1. The Morgan fingerprint density at radius 3 is 2.57 bits per heavy atom. The molecule has 1 N–H and O–H groups in total. The van der Waals surface area contributed by atoms with E-state index in [1.54, 1.807) is 0 Å². The number of benzene rings is 1. The molecule has 1 saturated heterocycles. The van der Waals surface area contributed by atoms with Gasteiger partial charge < -0.3 is 10.1 Å². The number of carbonyl (C=O) groups is 1. The Kier molecular flexibility index (Phi) is 5.76. The van der Waals surface area contributed by atoms with Crippen LogP contribution in [-0.2, 0) is 22.6 Å². The summed E-state index contributed by atoms with van der Waals surface area (Å²) in [4.78, 5) is 14.2. The van der Waals surface area contributed by atoms with Gasteiger partial charge in [-0.05, 0) is 38.4 Å². The summed E-state index contributed by atoms with van der Waals surface area (Å²) in [5.41, 5.74) is 2.43. The van der Waals surface area contributed by atoms with Crippen LogP contribution >= 0.6 is 0 Å². The van der Waals surface area contributed by atoms with E-state index >= 15 is 0 Å². The van der Waals surface area contributed by atoms with Crippen molar-refractivity contribution in [1.29, 1.82) is 0 Å². The fourth-order valence-electron chi connectivity index (χ4n) is 2.31. The maximum Gasteiger partial charge on any atom is 0.225 e. The average molecular weight is 290 g/mol. The van der Waals surface area contributed by atoms with E-state index in [0.29, 0.717) is 25.8 Å². The standard InChI is InChI=1S/C17H26N2O2/c1-13(2)19(3)11-15-6-4-14(5-7-15)10-18-17(20)16-8-9-21-12-16/h4-7,13,16H,8-12H2,1-3H3,(H,18,20). The van der Waals surface area contributed by atoms with Gasteiger partial charge >= 0.3 is 0 Å². The highest BCUT2D eigenvalue weighted by Gasteiger charge is 2.22. The third-order valence-electron chi connectivity index (χ3n) is 4.10. The second kappa shape index (κ2) is 7.57. The molecular formula is C17H26N2O2. The molecule has 0 aliphatic carbocycles. The van der Waals surface area contributed by atoms with Gasteiger partial charge in [-0.15, -0.1) is 0 Å². The SMILES string of the molecule is CC(C)N(C)Cc1ccc(CNC(=O)C2CCOC2)cc1. The lowest BCUT2D eigenvalue weighted by atomic mass is 10.1. The van der Waals surface area contributed by atoms with Crippen molar-refractivity contribution in [2.24, 2.45) is 5.92 Å². The first-order valence-electron chi connectivity index (χ1n) is 7.70. The van der Waals surface area contributed by atoms with Crippen molar-refractivity contribution >= 4 is 5.91 Å². The Hall–Kier alpha value is -1.39. The van der Waals surface area contributed by atoms with Crippen molar-refractivity contribution in [3.05, 3.63) is 35.4 Å². The van der Waals surface area contributed by atoms with Gasteiger partial charge in [0.05, 0.1) is 12.5 Å². The second-order valence-corrected chi connectivity index (χ2v) is 6.10. The highest BCUT2D eigenvalue weighted by atomic mass is 16.5. The van der Waals surface area contributed by atoms with Crippen molar-refractivity contribution < 1.29 is 9.53 Å². The van der Waals surface area contributed by atoms with Gasteiger partial charge in [0.2, 0.25) is 5.91 Å². The zero-order valence-electron chi connectivity index (χ0n) is 13.3. The molecule has 0 spiro atoms. The van der Waals surface area contributed by atoms with E-state index in [-0.39, 0.29) is 11.8 Å². The van der Waals surface area contributed by atoms with Crippen LogP contribution in [0.2, 0.25) is 0 Å². The average Bonchev–Trinajstić information content (AvgIpc) is 3.00. The number of hydrogen-bond donors (Lipinski definition) is 1. The number of rotatable bonds is 6. The lowest BCUT2D eigenvalue weighted by molar-refractivity contribution is -0.125. The minimum absolute atomic E-state index is 0.0314. The van der Waals surface area contributed by atoms with Gasteiger partial charge in [-0.2, -0.15) is 0 Å². The van der Waals surface area contributed by atoms with Crippen molar-refractivity contribution in [2.45, 2.75) is 39.4 Å². The van der Waals surface area contributed by atoms with Crippen LogP contribution in [0.4, 0.5) is 0 Å². The lowest BCUT2D eigenvalue weighted by Gasteiger charge is -2.21. The van der Waals surface area contributed by atoms with E-state index in [0.717, 1.165) is 18.5 Å². The molecule has 1 atom stereocenters. The summed E-state index contributed by atoms with van der Waals surface area (Å²) in [6.45, 7) is 7.19. The number of carbonyl (C=O) groups excluding carboxylic acids is 1. The molecule has 116 valence electrons. The van der Waals surface area contributed by atoms with Crippen molar-refractivity contribution in [3.63, 3.8) is 0 Å². The van der Waals surface area contributed by atoms with Crippen LogP contribution in [0.1, 0.15) is 31.4 Å². The first-order valence-corrected chi connectivity index (χ1v) is 7.70. The molecule has 0 bridgehead atoms. The molecule has 1 unspecified atom stereocenters. The van der Waals surface area contributed by atoms with E-state index in [4.69, 9.17) is 4.74 Å². The summed E-state index contributed by atoms with van der Waals surface area (Å²) in [7, 11) is 2.13. The van der Waals surface area contributed by atoms with Crippen molar-refractivity contribution in [1.82, 2.24) is 10.2 Å². The quantitative estimate of drug-likeness (QED) is 0.873. The minimum Gasteiger partial charge on any atom is -0.381 e. The molecule has 1 fully saturated rings. The van der Waals surface area contributed by atoms with E-state index in [9.17, 15) is 4.79 Å². The predicted molar refractivity (Wildman–Crippen MR) is 83.8 cm³/mol. The summed E-state index contributed by atoms with van der Waals surface area (Å²) in [5, 5.41) is 2.99. The van der Waals surface area contributed by atoms with E-state index in [1.807, 2.05) is 0 Å². The first kappa shape index (κ1) is 16.0. The molecule has 0 radical (unpaired) electrons. The van der Waals surface area contributed by atoms with Crippen molar-refractivity contribution in [2.75, 3.05) is 20.3 Å². The van der Waals surface area contributed by atoms with Gasteiger partial charge in [0.25, 0.3) is 0 Å². The molecule has 1 aliphatic heterocycles. The van der Waals surface area contributed by atoms with Crippen LogP contribution in [0, 0.1) is 5.92 Å². The monoisotopic (exact) mass is 290 g/mol. The van der Waals surface area contributed by atoms with Gasteiger partial charge in [-0.25, -0.2) is 0 Å². The van der Waals surface area contributed by atoms with Crippen LogP contribution in [0.5, 0.6) is 0 Å². The molecule has 0 saturated carbocycles. The fraction of sp³-hybridized carbons (Fsp3) is 0.588. The zero-order valence-corrected chi connectivity index (χ0v) is 13.3. The predicted octanol–water partition coefficient (Wildman–Crippen LogP) is 2.18. The molecular weight excluding hydrogens is 264 g/mol. The first-order chi connectivity index (χ1) is 10.1. The normalized spacial score (nSPS) is 18.4. The topological polar surface area (TPSA) is 41.6 Å². The third kappa shape index (κ3) is 4.83. The molecule has 1 aromatic carbocycles. The number of hydrogen-bond acceptors (Lipinski definition) is 3. The van der Waals surface area contributed by atoms with Gasteiger partial charge in [0.1, 0.15) is 0 Å². The Morgan fingerprint density at radius 1 is 1.33 bits per heavy atom. The molecule has 1 heterocycles. The molecule has 1 aromatic rings. The highest BCUT2D eigenvalue weighted by molar-refractivity contribution is 5.78. The summed E-state index contributed by atoms with van der Waals surface area (Å²) >= 11 is 0. The van der Waals surface area contributed by atoms with Crippen LogP contribution in [-0.4, -0.2) is 37.1 Å². The Balaban J connectivity index is 1.80. The molecule has 4 heteroatoms. The van der Waals surface area contributed by atoms with Crippen molar-refractivity contribution in [3.8, 4) is 0 Å². The molecule has 21 heavy (non-hydrogen) atoms. The van der Waals surface area contributed by atoms with E-state index in [2.05, 4.69) is 55.4 Å². The Labute approximate surface area is 127 Å². The summed E-state index contributed by atoms with van der Waals surface area (Å²) in [6, 6.07) is 9.00. The zero-order chi connectivity index (χ0) is 15.2. The van der Waals surface area contributed by atoms with Gasteiger partial charge in [-0.3, -0.25) is 9.69 Å². The largest absolute Gasteiger partial charge is 0.381 e. The maximum atomic E-state index is 11.9. The maximum absolute atomic E-state index is 11.9. The van der Waals surface area contributed by atoms with E-state index in [1.165, 1.54) is 5.56 Å². The molecule has 4 nitrogen and oxygen atoms in total. The third-order valence-corrected chi connectivity index (χ3v) is 4.10. The second-order valence-electron chi connectivity index (χ2n) is 6.10. The fourth-order valence-corrected chi connectivity index (χ4v) is 2.31. The summed E-state index contributed by atoms with van der Waals surface area (Å²) < 4.78 is 5.24. The van der Waals surface area contributed by atoms with Crippen LogP contribution in [0.15, 0.2) is 24.3 Å². The van der Waals surface area contributed by atoms with Gasteiger partial charge in [-0.1, -0.05) is 24.3 Å².